The molecule has 0 aliphatic carbocycles. The Labute approximate surface area is 53.9 Å². The van der Waals surface area contributed by atoms with Gasteiger partial charge in [-0.15, -0.1) is 0 Å². The second kappa shape index (κ2) is 9.54. The lowest BCUT2D eigenvalue weighted by atomic mass is 10.8. The van der Waals surface area contributed by atoms with E-state index in [1.54, 1.807) is 0 Å². The lowest BCUT2D eigenvalue weighted by molar-refractivity contribution is -0.133. The number of carboxylic acids is 1. The predicted octanol–water partition coefficient (Wildman–Crippen LogP) is 0.581. The second-order valence-electron chi connectivity index (χ2n) is 0.639. The van der Waals surface area contributed by atoms with Crippen LogP contribution in [0.4, 0.5) is 0 Å². The lowest BCUT2D eigenvalue weighted by Gasteiger charge is -1.70. The van der Waals surface area contributed by atoms with Gasteiger partial charge in [0.2, 0.25) is 4.91 Å². The minimum atomic E-state index is -0.829. The molecule has 0 rings (SSSR count). The summed E-state index contributed by atoms with van der Waals surface area (Å²) in [5, 5.41) is 7.71. The molecule has 0 atom stereocenters. The number of aliphatic carboxylic acids is 1. The number of carbonyl (C=O) groups is 1. The highest BCUT2D eigenvalue weighted by Crippen LogP contribution is 1.73. The topological polar surface area (TPSA) is 99.1 Å². The van der Waals surface area contributed by atoms with Gasteiger partial charge < -0.3 is 5.11 Å². The van der Waals surface area contributed by atoms with Crippen LogP contribution in [0.2, 0.25) is 0 Å². The fraction of sp³-hybridized carbons (Fsp3) is 0.500. The zero-order valence-electron chi connectivity index (χ0n) is 3.89. The number of nitrogens with zero attached hydrogens (tertiary/aromatic N) is 1. The molecule has 0 aromatic rings. The Bertz CT molecular complexity index is 97.5. The Morgan fingerprint density at radius 2 is 1.88 bits per heavy atom. The molecule has 0 aliphatic heterocycles. The highest BCUT2D eigenvalue weighted by Gasteiger charge is 1.83. The number of carboxylic acid groups (broad SMARTS) is 1. The second-order valence-corrected chi connectivity index (χ2v) is 1.20. The molecule has 3 N–H and O–H groups in total. The van der Waals surface area contributed by atoms with Crippen LogP contribution in [0.3, 0.4) is 0 Å². The minimum Gasteiger partial charge on any atom is -0.481 e. The molecule has 8 heavy (non-hydrogen) atoms. The predicted molar refractivity (Wildman–Crippen MR) is 29.0 cm³/mol. The third-order valence-corrected chi connectivity index (χ3v) is 0.594. The first-order chi connectivity index (χ1) is 3.68. The van der Waals surface area contributed by atoms with E-state index in [-0.39, 0.29) is 5.33 Å². The van der Waals surface area contributed by atoms with E-state index >= 15 is 0 Å². The summed E-state index contributed by atoms with van der Waals surface area (Å²) in [6, 6.07) is 0. The maximum absolute atomic E-state index is 9.32. The quantitative estimate of drug-likeness (QED) is 0.314. The van der Waals surface area contributed by atoms with E-state index in [1.165, 1.54) is 0 Å². The van der Waals surface area contributed by atoms with Crippen molar-refractivity contribution in [3.8, 4) is 0 Å². The molecule has 0 aromatic heterocycles. The number of halogens is 1. The zero-order valence-corrected chi connectivity index (χ0v) is 5.47. The van der Waals surface area contributed by atoms with E-state index in [0.29, 0.717) is 0 Å². The fourth-order valence-corrected chi connectivity index (χ4v) is 0. The van der Waals surface area contributed by atoms with E-state index in [9.17, 15) is 4.79 Å². The van der Waals surface area contributed by atoms with Crippen LogP contribution >= 0.6 is 15.9 Å². The van der Waals surface area contributed by atoms with Crippen molar-refractivity contribution in [2.75, 3.05) is 5.33 Å². The van der Waals surface area contributed by atoms with Crippen LogP contribution in [0, 0.1) is 11.1 Å². The van der Waals surface area contributed by atoms with Crippen molar-refractivity contribution < 1.29 is 9.90 Å². The molecule has 0 bridgehead atoms. The van der Waals surface area contributed by atoms with Crippen LogP contribution in [0.25, 0.3) is 0 Å². The normalized spacial score (nSPS) is 5.62. The average Bonchev–Trinajstić information content (AvgIpc) is 1.69. The van der Waals surface area contributed by atoms with Crippen molar-refractivity contribution in [3.63, 3.8) is 0 Å². The van der Waals surface area contributed by atoms with Gasteiger partial charge in [-0.3, -0.25) is 4.79 Å². The number of hydrogen-bond donors (Lipinski definition) is 3. The third-order valence-electron chi connectivity index (χ3n) is 0.114. The van der Waals surface area contributed by atoms with E-state index in [4.69, 9.17) is 16.2 Å². The van der Waals surface area contributed by atoms with Gasteiger partial charge >= 0.3 is 5.97 Å². The van der Waals surface area contributed by atoms with Crippen molar-refractivity contribution in [2.24, 2.45) is 0 Å². The number of nitrogens with one attached hydrogen (secondary N) is 2. The Hall–Kier alpha value is -0.740. The van der Waals surface area contributed by atoms with E-state index in [2.05, 4.69) is 15.9 Å². The van der Waals surface area contributed by atoms with Gasteiger partial charge in [-0.2, -0.15) is 0 Å². The molecule has 5 nitrogen and oxygen atoms in total. The van der Waals surface area contributed by atoms with Crippen molar-refractivity contribution in [1.82, 2.24) is 4.91 Å². The summed E-state index contributed by atoms with van der Waals surface area (Å²) in [4.78, 5) is 11.3. The summed E-state index contributed by atoms with van der Waals surface area (Å²) in [7, 11) is 0. The van der Waals surface area contributed by atoms with Crippen LogP contribution in [0.15, 0.2) is 0 Å². The Kier molecular flexibility index (Phi) is 12.3. The summed E-state index contributed by atoms with van der Waals surface area (Å²) in [5.41, 5.74) is 11.0. The molecule has 46 valence electrons. The number of alkyl halides is 1. The average molecular weight is 183 g/mol. The highest BCUT2D eigenvalue weighted by atomic mass is 79.9. The Morgan fingerprint density at radius 1 is 1.75 bits per heavy atom. The molecule has 0 aliphatic rings. The molecular weight excluding hydrogens is 178 g/mol. The van der Waals surface area contributed by atoms with Gasteiger partial charge in [-0.05, 0) is 0 Å². The standard InChI is InChI=1S/C2H3BrO2.H2N3/c3-1-2(4)5;1-3-2/h1H2,(H,4,5);1-2H/q;+1. The van der Waals surface area contributed by atoms with Crippen molar-refractivity contribution >= 4 is 21.9 Å². The van der Waals surface area contributed by atoms with Gasteiger partial charge in [0, 0.05) is 0 Å². The molecule has 0 saturated heterocycles. The van der Waals surface area contributed by atoms with Gasteiger partial charge in [0.25, 0.3) is 0 Å². The summed E-state index contributed by atoms with van der Waals surface area (Å²) >= 11 is 2.71. The molecule has 0 fully saturated rings. The van der Waals surface area contributed by atoms with Gasteiger partial charge in [0.15, 0.2) is 0 Å². The monoisotopic (exact) mass is 182 g/mol. The van der Waals surface area contributed by atoms with Crippen molar-refractivity contribution in [1.29, 1.82) is 11.1 Å². The van der Waals surface area contributed by atoms with Crippen molar-refractivity contribution in [3.05, 3.63) is 0 Å². The van der Waals surface area contributed by atoms with Gasteiger partial charge in [0.1, 0.15) is 16.4 Å². The first-order valence-corrected chi connectivity index (χ1v) is 2.62. The summed E-state index contributed by atoms with van der Waals surface area (Å²) < 4.78 is 0. The zero-order chi connectivity index (χ0) is 6.99. The summed E-state index contributed by atoms with van der Waals surface area (Å²) in [5.74, 6) is -0.829. The van der Waals surface area contributed by atoms with Crippen LogP contribution in [-0.4, -0.2) is 16.4 Å². The maximum atomic E-state index is 9.32. The van der Waals surface area contributed by atoms with Crippen LogP contribution in [-0.2, 0) is 4.79 Å². The van der Waals surface area contributed by atoms with Gasteiger partial charge in [0.05, 0.1) is 0 Å². The minimum absolute atomic E-state index is 0.0347. The maximum Gasteiger partial charge on any atom is 0.314 e. The molecular formula is C2H5BrN3O2+. The SMILES string of the molecule is N=[N+]=N.O=C(O)CBr. The molecule has 0 radical (unpaired) electrons. The number of rotatable bonds is 1. The van der Waals surface area contributed by atoms with E-state index < -0.39 is 5.97 Å². The Balaban J connectivity index is 0. The molecule has 0 saturated carbocycles. The summed E-state index contributed by atoms with van der Waals surface area (Å²) in [6.45, 7) is 0. The molecule has 0 unspecified atom stereocenters. The van der Waals surface area contributed by atoms with E-state index in [1.807, 2.05) is 4.91 Å². The van der Waals surface area contributed by atoms with Gasteiger partial charge in [-0.1, -0.05) is 15.9 Å². The first kappa shape index (κ1) is 10.3. The molecule has 0 spiro atoms. The van der Waals surface area contributed by atoms with Crippen LogP contribution in [0.1, 0.15) is 0 Å². The molecule has 0 heterocycles. The molecule has 0 amide bonds. The Morgan fingerprint density at radius 3 is 1.88 bits per heavy atom. The largest absolute Gasteiger partial charge is 0.481 e. The summed E-state index contributed by atoms with van der Waals surface area (Å²) in [6.07, 6.45) is 0. The fourth-order valence-electron chi connectivity index (χ4n) is 0. The van der Waals surface area contributed by atoms with Crippen LogP contribution in [0.5, 0.6) is 0 Å². The third kappa shape index (κ3) is 60.1. The molecule has 6 heteroatoms. The molecule has 0 aromatic carbocycles. The highest BCUT2D eigenvalue weighted by molar-refractivity contribution is 9.09. The smallest absolute Gasteiger partial charge is 0.314 e. The van der Waals surface area contributed by atoms with Gasteiger partial charge in [-0.25, -0.2) is 0 Å². The van der Waals surface area contributed by atoms with Crippen molar-refractivity contribution in [2.45, 2.75) is 0 Å². The lowest BCUT2D eigenvalue weighted by Crippen LogP contribution is -1.92. The van der Waals surface area contributed by atoms with E-state index in [0.717, 1.165) is 0 Å². The van der Waals surface area contributed by atoms with Crippen LogP contribution < -0.4 is 4.91 Å². The number of hydrogen-bond acceptors (Lipinski definition) is 3. The first-order valence-electron chi connectivity index (χ1n) is 1.50.